The van der Waals surface area contributed by atoms with E-state index in [4.69, 9.17) is 14.2 Å². The number of hydrogen-bond acceptors (Lipinski definition) is 3. The number of rotatable bonds is 1. The lowest BCUT2D eigenvalue weighted by molar-refractivity contribution is -0.228. The molecule has 2 fully saturated rings. The molecule has 2 saturated heterocycles. The Bertz CT molecular complexity index is 141. The van der Waals surface area contributed by atoms with Crippen molar-refractivity contribution in [3.05, 3.63) is 0 Å². The first-order valence-electron chi connectivity index (χ1n) is 4.02. The molecule has 2 aliphatic rings. The Morgan fingerprint density at radius 2 is 1.64 bits per heavy atom. The molecule has 0 radical (unpaired) electrons. The Labute approximate surface area is 66.6 Å². The van der Waals surface area contributed by atoms with Crippen LogP contribution in [0.15, 0.2) is 0 Å². The number of epoxide rings is 1. The first-order chi connectivity index (χ1) is 5.17. The van der Waals surface area contributed by atoms with Crippen molar-refractivity contribution in [1.29, 1.82) is 0 Å². The van der Waals surface area contributed by atoms with Crippen LogP contribution in [0.2, 0.25) is 0 Å². The molecular weight excluding hydrogens is 144 g/mol. The molecule has 0 spiro atoms. The molecule has 0 aromatic carbocycles. The molecular formula is C8H14O3. The molecule has 0 aromatic heterocycles. The Morgan fingerprint density at radius 3 is 2.09 bits per heavy atom. The predicted octanol–water partition coefficient (Wildman–Crippen LogP) is 0.784. The highest BCUT2D eigenvalue weighted by molar-refractivity contribution is 4.79. The van der Waals surface area contributed by atoms with E-state index < -0.39 is 0 Å². The molecule has 2 rings (SSSR count). The summed E-state index contributed by atoms with van der Waals surface area (Å²) in [5, 5.41) is 0. The summed E-state index contributed by atoms with van der Waals surface area (Å²) >= 11 is 0. The van der Waals surface area contributed by atoms with Crippen molar-refractivity contribution in [3.8, 4) is 0 Å². The van der Waals surface area contributed by atoms with Crippen molar-refractivity contribution in [3.63, 3.8) is 0 Å². The quantitative estimate of drug-likeness (QED) is 0.528. The zero-order valence-electron chi connectivity index (χ0n) is 7.00. The van der Waals surface area contributed by atoms with Crippen LogP contribution in [0.3, 0.4) is 0 Å². The molecule has 0 bridgehead atoms. The lowest BCUT2D eigenvalue weighted by Gasteiger charge is -2.33. The van der Waals surface area contributed by atoms with E-state index >= 15 is 0 Å². The summed E-state index contributed by atoms with van der Waals surface area (Å²) in [6, 6.07) is 0. The third-order valence-electron chi connectivity index (χ3n) is 1.94. The normalized spacial score (nSPS) is 37.1. The van der Waals surface area contributed by atoms with Gasteiger partial charge >= 0.3 is 0 Å². The van der Waals surface area contributed by atoms with Crippen LogP contribution >= 0.6 is 0 Å². The largest absolute Gasteiger partial charge is 0.368 e. The fourth-order valence-corrected chi connectivity index (χ4v) is 1.13. The molecule has 3 nitrogen and oxygen atoms in total. The Hall–Kier alpha value is -0.120. The first-order valence-corrected chi connectivity index (χ1v) is 4.02. The van der Waals surface area contributed by atoms with Crippen LogP contribution in [-0.2, 0) is 14.2 Å². The molecule has 1 atom stereocenters. The van der Waals surface area contributed by atoms with Crippen LogP contribution in [0.4, 0.5) is 0 Å². The summed E-state index contributed by atoms with van der Waals surface area (Å²) in [7, 11) is 0. The fourth-order valence-electron chi connectivity index (χ4n) is 1.13. The average Bonchev–Trinajstić information content (AvgIpc) is 2.70. The van der Waals surface area contributed by atoms with E-state index in [0.717, 1.165) is 19.8 Å². The van der Waals surface area contributed by atoms with E-state index in [9.17, 15) is 0 Å². The van der Waals surface area contributed by atoms with Crippen LogP contribution in [0, 0.1) is 5.41 Å². The van der Waals surface area contributed by atoms with Crippen molar-refractivity contribution in [1.82, 2.24) is 0 Å². The second-order valence-electron chi connectivity index (χ2n) is 4.03. The summed E-state index contributed by atoms with van der Waals surface area (Å²) in [6.07, 6.45) is 0.120. The summed E-state index contributed by atoms with van der Waals surface area (Å²) in [5.74, 6) is 0. The summed E-state index contributed by atoms with van der Waals surface area (Å²) in [6.45, 7) is 6.62. The molecule has 0 N–H and O–H groups in total. The van der Waals surface area contributed by atoms with Gasteiger partial charge in [0, 0.05) is 5.41 Å². The summed E-state index contributed by atoms with van der Waals surface area (Å²) in [5.41, 5.74) is 0.172. The van der Waals surface area contributed by atoms with Crippen molar-refractivity contribution < 1.29 is 14.2 Å². The Morgan fingerprint density at radius 1 is 1.09 bits per heavy atom. The SMILES string of the molecule is CC1(C)COC(C2CO2)OC1. The van der Waals surface area contributed by atoms with E-state index in [0.29, 0.717) is 0 Å². The molecule has 0 aliphatic carbocycles. The third-order valence-corrected chi connectivity index (χ3v) is 1.94. The van der Waals surface area contributed by atoms with Gasteiger partial charge < -0.3 is 14.2 Å². The van der Waals surface area contributed by atoms with Gasteiger partial charge in [-0.2, -0.15) is 0 Å². The lowest BCUT2D eigenvalue weighted by Crippen LogP contribution is -2.40. The minimum atomic E-state index is -0.0944. The van der Waals surface area contributed by atoms with Crippen molar-refractivity contribution in [2.24, 2.45) is 5.41 Å². The van der Waals surface area contributed by atoms with Gasteiger partial charge in [-0.15, -0.1) is 0 Å². The zero-order valence-corrected chi connectivity index (χ0v) is 7.00. The van der Waals surface area contributed by atoms with Gasteiger partial charge in [-0.25, -0.2) is 0 Å². The van der Waals surface area contributed by atoms with Crippen molar-refractivity contribution in [2.75, 3.05) is 19.8 Å². The Balaban J connectivity index is 1.84. The maximum absolute atomic E-state index is 5.47. The van der Waals surface area contributed by atoms with Crippen LogP contribution in [0.25, 0.3) is 0 Å². The van der Waals surface area contributed by atoms with Crippen molar-refractivity contribution in [2.45, 2.75) is 26.2 Å². The van der Waals surface area contributed by atoms with E-state index in [1.165, 1.54) is 0 Å². The van der Waals surface area contributed by atoms with E-state index in [1.807, 2.05) is 0 Å². The highest BCUT2D eigenvalue weighted by Gasteiger charge is 2.39. The second kappa shape index (κ2) is 2.44. The molecule has 3 heteroatoms. The van der Waals surface area contributed by atoms with Crippen LogP contribution in [-0.4, -0.2) is 32.2 Å². The van der Waals surface area contributed by atoms with Gasteiger partial charge in [0.15, 0.2) is 6.29 Å². The molecule has 0 amide bonds. The van der Waals surface area contributed by atoms with Crippen LogP contribution in [0.5, 0.6) is 0 Å². The van der Waals surface area contributed by atoms with Gasteiger partial charge in [-0.1, -0.05) is 13.8 Å². The Kier molecular flexibility index (Phi) is 1.67. The summed E-state index contributed by atoms with van der Waals surface area (Å²) in [4.78, 5) is 0. The smallest absolute Gasteiger partial charge is 0.185 e. The molecule has 0 aromatic rings. The topological polar surface area (TPSA) is 31.0 Å². The maximum Gasteiger partial charge on any atom is 0.185 e. The van der Waals surface area contributed by atoms with E-state index in [-0.39, 0.29) is 17.8 Å². The standard InChI is InChI=1S/C8H14O3/c1-8(2)4-10-7(11-5-8)6-3-9-6/h6-7H,3-5H2,1-2H3. The van der Waals surface area contributed by atoms with Crippen LogP contribution in [0.1, 0.15) is 13.8 Å². The minimum Gasteiger partial charge on any atom is -0.368 e. The molecule has 1 unspecified atom stereocenters. The van der Waals surface area contributed by atoms with Crippen LogP contribution < -0.4 is 0 Å². The van der Waals surface area contributed by atoms with Gasteiger partial charge in [0.05, 0.1) is 19.8 Å². The van der Waals surface area contributed by atoms with E-state index in [2.05, 4.69) is 13.8 Å². The number of hydrogen-bond donors (Lipinski definition) is 0. The minimum absolute atomic E-state index is 0.0944. The second-order valence-corrected chi connectivity index (χ2v) is 4.03. The highest BCUT2D eigenvalue weighted by atomic mass is 16.7. The average molecular weight is 158 g/mol. The molecule has 64 valence electrons. The molecule has 0 saturated carbocycles. The first kappa shape index (κ1) is 7.53. The summed E-state index contributed by atoms with van der Waals surface area (Å²) < 4.78 is 16.0. The predicted molar refractivity (Wildman–Crippen MR) is 39.2 cm³/mol. The van der Waals surface area contributed by atoms with Gasteiger partial charge in [0.2, 0.25) is 0 Å². The molecule has 2 aliphatic heterocycles. The third kappa shape index (κ3) is 1.72. The van der Waals surface area contributed by atoms with Gasteiger partial charge in [0.1, 0.15) is 6.10 Å². The lowest BCUT2D eigenvalue weighted by atomic mass is 9.95. The van der Waals surface area contributed by atoms with Gasteiger partial charge in [-0.05, 0) is 0 Å². The fraction of sp³-hybridized carbons (Fsp3) is 1.00. The number of ether oxygens (including phenoxy) is 3. The zero-order chi connectivity index (χ0) is 7.90. The van der Waals surface area contributed by atoms with Gasteiger partial charge in [-0.3, -0.25) is 0 Å². The molecule has 11 heavy (non-hydrogen) atoms. The van der Waals surface area contributed by atoms with E-state index in [1.54, 1.807) is 0 Å². The highest BCUT2D eigenvalue weighted by Crippen LogP contribution is 2.28. The van der Waals surface area contributed by atoms with Gasteiger partial charge in [0.25, 0.3) is 0 Å². The van der Waals surface area contributed by atoms with Crippen molar-refractivity contribution >= 4 is 0 Å². The maximum atomic E-state index is 5.47. The monoisotopic (exact) mass is 158 g/mol. The molecule has 2 heterocycles.